The van der Waals surface area contributed by atoms with Crippen LogP contribution in [0.1, 0.15) is 17.7 Å². The predicted molar refractivity (Wildman–Crippen MR) is 81.6 cm³/mol. The number of nitrogens with one attached hydrogen (secondary N) is 2. The molecule has 2 unspecified atom stereocenters. The molecular weight excluding hydrogens is 276 g/mol. The van der Waals surface area contributed by atoms with Gasteiger partial charge in [-0.2, -0.15) is 5.26 Å². The maximum Gasteiger partial charge on any atom is 0.163 e. The maximum absolute atomic E-state index is 8.78. The van der Waals surface area contributed by atoms with Crippen LogP contribution in [0.5, 0.6) is 0 Å². The summed E-state index contributed by atoms with van der Waals surface area (Å²) in [5.41, 5.74) is 0. The summed E-state index contributed by atoms with van der Waals surface area (Å²) in [6, 6.07) is 6.04. The van der Waals surface area contributed by atoms with Gasteiger partial charge in [0.25, 0.3) is 0 Å². The van der Waals surface area contributed by atoms with Crippen LogP contribution in [-0.2, 0) is 0 Å². The highest BCUT2D eigenvalue weighted by Gasteiger charge is 2.15. The molecule has 0 aliphatic heterocycles. The third-order valence-electron chi connectivity index (χ3n) is 2.71. The van der Waals surface area contributed by atoms with Crippen LogP contribution < -0.4 is 4.72 Å². The lowest BCUT2D eigenvalue weighted by atomic mass is 9.97. The second kappa shape index (κ2) is 7.12. The van der Waals surface area contributed by atoms with Crippen molar-refractivity contribution in [3.63, 3.8) is 0 Å². The molecule has 2 rings (SSSR count). The molecule has 0 amide bonds. The summed E-state index contributed by atoms with van der Waals surface area (Å²) in [4.78, 5) is 4.90. The molecule has 0 fully saturated rings. The number of amidine groups is 1. The van der Waals surface area contributed by atoms with Gasteiger partial charge in [0.05, 0.1) is 16.9 Å². The van der Waals surface area contributed by atoms with Crippen molar-refractivity contribution in [1.29, 1.82) is 10.7 Å². The molecule has 1 aliphatic carbocycles. The van der Waals surface area contributed by atoms with Crippen molar-refractivity contribution in [2.45, 2.75) is 18.1 Å². The molecule has 6 heteroatoms. The van der Waals surface area contributed by atoms with Crippen LogP contribution in [0.15, 0.2) is 34.7 Å². The molecule has 1 aliphatic rings. The molecular formula is C13H14N4S2. The first-order valence-electron chi connectivity index (χ1n) is 5.93. The highest BCUT2D eigenvalue weighted by Crippen LogP contribution is 2.23. The second-order valence-corrected chi connectivity index (χ2v) is 6.08. The van der Waals surface area contributed by atoms with Gasteiger partial charge in [-0.15, -0.1) is 11.3 Å². The van der Waals surface area contributed by atoms with E-state index in [9.17, 15) is 0 Å². The average molecular weight is 290 g/mol. The number of nitriles is 1. The fourth-order valence-electron chi connectivity index (χ4n) is 1.69. The molecule has 1 aromatic rings. The van der Waals surface area contributed by atoms with Gasteiger partial charge in [0.15, 0.2) is 5.84 Å². The molecule has 0 spiro atoms. The molecule has 4 nitrogen and oxygen atoms in total. The van der Waals surface area contributed by atoms with E-state index in [1.165, 1.54) is 11.3 Å². The van der Waals surface area contributed by atoms with E-state index in [1.807, 2.05) is 23.6 Å². The fraction of sp³-hybridized carbons (Fsp3) is 0.308. The van der Waals surface area contributed by atoms with Crippen molar-refractivity contribution in [3.8, 4) is 6.07 Å². The minimum Gasteiger partial charge on any atom is -0.320 e. The lowest BCUT2D eigenvalue weighted by molar-refractivity contribution is 0.647. The summed E-state index contributed by atoms with van der Waals surface area (Å²) in [5, 5.41) is 18.8. The second-order valence-electron chi connectivity index (χ2n) is 4.06. The van der Waals surface area contributed by atoms with Gasteiger partial charge in [-0.25, -0.2) is 4.99 Å². The van der Waals surface area contributed by atoms with Gasteiger partial charge in [-0.3, -0.25) is 5.41 Å². The number of hydrogen-bond donors (Lipinski definition) is 2. The number of rotatable bonds is 4. The quantitative estimate of drug-likeness (QED) is 0.387. The van der Waals surface area contributed by atoms with Crippen molar-refractivity contribution >= 4 is 35.5 Å². The average Bonchev–Trinajstić information content (AvgIpc) is 2.98. The monoisotopic (exact) mass is 290 g/mol. The summed E-state index contributed by atoms with van der Waals surface area (Å²) in [5.74, 6) is 0.337. The van der Waals surface area contributed by atoms with Crippen LogP contribution >= 0.6 is 23.3 Å². The minimum absolute atomic E-state index is 0.0672. The summed E-state index contributed by atoms with van der Waals surface area (Å²) in [6.07, 6.45) is 7.48. The predicted octanol–water partition coefficient (Wildman–Crippen LogP) is 3.20. The van der Waals surface area contributed by atoms with Crippen molar-refractivity contribution in [2.75, 3.05) is 0 Å². The fourth-order valence-corrected chi connectivity index (χ4v) is 3.02. The van der Waals surface area contributed by atoms with Gasteiger partial charge >= 0.3 is 0 Å². The van der Waals surface area contributed by atoms with Crippen LogP contribution in [0.25, 0.3) is 0 Å². The molecule has 0 saturated heterocycles. The summed E-state index contributed by atoms with van der Waals surface area (Å²) < 4.78 is 3.04. The SMILES string of the molecule is N#CC1C=CC(SN/C=N\C(=N)c2cccs2)CC1. The molecule has 1 aromatic heterocycles. The van der Waals surface area contributed by atoms with Crippen LogP contribution in [0.2, 0.25) is 0 Å². The van der Waals surface area contributed by atoms with E-state index in [-0.39, 0.29) is 11.8 Å². The summed E-state index contributed by atoms with van der Waals surface area (Å²) in [7, 11) is 0. The van der Waals surface area contributed by atoms with Gasteiger partial charge in [0.2, 0.25) is 0 Å². The van der Waals surface area contributed by atoms with E-state index >= 15 is 0 Å². The van der Waals surface area contributed by atoms with E-state index in [1.54, 1.807) is 18.3 Å². The molecule has 98 valence electrons. The Morgan fingerprint density at radius 2 is 2.47 bits per heavy atom. The highest BCUT2D eigenvalue weighted by atomic mass is 32.2. The molecule has 1 heterocycles. The van der Waals surface area contributed by atoms with Gasteiger partial charge in [0, 0.05) is 5.25 Å². The number of nitrogens with zero attached hydrogens (tertiary/aromatic N) is 2. The Morgan fingerprint density at radius 3 is 3.11 bits per heavy atom. The Balaban J connectivity index is 1.73. The molecule has 0 bridgehead atoms. The topological polar surface area (TPSA) is 72.0 Å². The summed E-state index contributed by atoms with van der Waals surface area (Å²) in [6.45, 7) is 0. The smallest absolute Gasteiger partial charge is 0.163 e. The normalized spacial score (nSPS) is 22.3. The Kier molecular flexibility index (Phi) is 5.19. The Hall–Kier alpha value is -1.58. The van der Waals surface area contributed by atoms with Crippen molar-refractivity contribution < 1.29 is 0 Å². The molecule has 19 heavy (non-hydrogen) atoms. The van der Waals surface area contributed by atoms with E-state index in [2.05, 4.69) is 21.9 Å². The van der Waals surface area contributed by atoms with Crippen molar-refractivity contribution in [1.82, 2.24) is 4.72 Å². The molecule has 0 radical (unpaired) electrons. The Morgan fingerprint density at radius 1 is 1.58 bits per heavy atom. The highest BCUT2D eigenvalue weighted by molar-refractivity contribution is 7.98. The van der Waals surface area contributed by atoms with Crippen molar-refractivity contribution in [3.05, 3.63) is 34.5 Å². The van der Waals surface area contributed by atoms with E-state index < -0.39 is 0 Å². The van der Waals surface area contributed by atoms with Gasteiger partial charge < -0.3 is 4.72 Å². The van der Waals surface area contributed by atoms with Crippen LogP contribution in [0.4, 0.5) is 0 Å². The number of hydrogen-bond acceptors (Lipinski definition) is 4. The van der Waals surface area contributed by atoms with Gasteiger partial charge in [-0.05, 0) is 36.2 Å². The number of aliphatic imine (C=N–C) groups is 1. The first-order chi connectivity index (χ1) is 9.29. The van der Waals surface area contributed by atoms with Crippen molar-refractivity contribution in [2.24, 2.45) is 10.9 Å². The van der Waals surface area contributed by atoms with Crippen LogP contribution in [-0.4, -0.2) is 17.4 Å². The first-order valence-corrected chi connectivity index (χ1v) is 7.69. The van der Waals surface area contributed by atoms with Gasteiger partial charge in [0.1, 0.15) is 6.34 Å². The van der Waals surface area contributed by atoms with E-state index in [0.717, 1.165) is 17.7 Å². The molecule has 2 atom stereocenters. The zero-order valence-corrected chi connectivity index (χ0v) is 11.9. The first kappa shape index (κ1) is 13.8. The van der Waals surface area contributed by atoms with Crippen LogP contribution in [0.3, 0.4) is 0 Å². The molecule has 2 N–H and O–H groups in total. The largest absolute Gasteiger partial charge is 0.320 e. The maximum atomic E-state index is 8.78. The lowest BCUT2D eigenvalue weighted by Gasteiger charge is -2.17. The Bertz CT molecular complexity index is 513. The number of allylic oxidation sites excluding steroid dienone is 1. The third kappa shape index (κ3) is 4.23. The third-order valence-corrected chi connectivity index (χ3v) is 4.52. The molecule has 0 saturated carbocycles. The zero-order chi connectivity index (χ0) is 13.5. The minimum atomic E-state index is 0.0672. The molecule has 0 aromatic carbocycles. The Labute approximate surface area is 120 Å². The number of thiophene rings is 1. The van der Waals surface area contributed by atoms with Crippen LogP contribution in [0, 0.1) is 22.7 Å². The standard InChI is InChI=1S/C13H14N4S2/c14-8-10-3-5-11(6-4-10)19-17-9-16-13(15)12-2-1-7-18-12/h1-3,5,7,9-11H,4,6H2,(H2,15,16,17). The zero-order valence-electron chi connectivity index (χ0n) is 10.2. The lowest BCUT2D eigenvalue weighted by Crippen LogP contribution is -2.14. The van der Waals surface area contributed by atoms with E-state index in [4.69, 9.17) is 10.7 Å². The summed E-state index contributed by atoms with van der Waals surface area (Å²) >= 11 is 3.07. The van der Waals surface area contributed by atoms with Gasteiger partial charge in [-0.1, -0.05) is 18.2 Å². The van der Waals surface area contributed by atoms with E-state index in [0.29, 0.717) is 5.25 Å².